The Morgan fingerprint density at radius 3 is 1.89 bits per heavy atom. The topological polar surface area (TPSA) is 139 Å². The average molecular weight is 425 g/mol. The quantitative estimate of drug-likeness (QED) is 0.129. The van der Waals surface area contributed by atoms with Crippen LogP contribution < -0.4 is 11.5 Å². The van der Waals surface area contributed by atoms with E-state index in [1.54, 1.807) is 6.08 Å². The molecule has 0 aromatic rings. The third-order valence-electron chi connectivity index (χ3n) is 4.30. The minimum absolute atomic E-state index is 0.161. The maximum Gasteiger partial charge on any atom is 0.316 e. The third-order valence-corrected chi connectivity index (χ3v) is 4.75. The molecule has 0 heterocycles. The maximum absolute atomic E-state index is 9.67. The SMILES string of the molecule is CCCCCCCCCCCCC/C=C/C(O)C(N)CO.NCCO[PH](=O)O. The van der Waals surface area contributed by atoms with Crippen LogP contribution in [0.5, 0.6) is 0 Å². The molecule has 0 bridgehead atoms. The molecule has 3 atom stereocenters. The predicted molar refractivity (Wildman–Crippen MR) is 118 cm³/mol. The van der Waals surface area contributed by atoms with Gasteiger partial charge in [0.25, 0.3) is 0 Å². The summed E-state index contributed by atoms with van der Waals surface area (Å²) in [6.07, 6.45) is 18.8. The predicted octanol–water partition coefficient (Wildman–Crippen LogP) is 3.27. The molecule has 0 spiro atoms. The molecule has 3 unspecified atom stereocenters. The van der Waals surface area contributed by atoms with Crippen molar-refractivity contribution in [3.05, 3.63) is 12.2 Å². The van der Waals surface area contributed by atoms with Gasteiger partial charge in [0.05, 0.1) is 25.4 Å². The van der Waals surface area contributed by atoms with Crippen molar-refractivity contribution in [3.8, 4) is 0 Å². The fourth-order valence-electron chi connectivity index (χ4n) is 2.56. The van der Waals surface area contributed by atoms with E-state index in [4.69, 9.17) is 21.5 Å². The molecule has 7 N–H and O–H groups in total. The van der Waals surface area contributed by atoms with Crippen molar-refractivity contribution in [3.63, 3.8) is 0 Å². The van der Waals surface area contributed by atoms with E-state index in [0.717, 1.165) is 6.42 Å². The van der Waals surface area contributed by atoms with Gasteiger partial charge < -0.3 is 31.1 Å². The van der Waals surface area contributed by atoms with E-state index in [-0.39, 0.29) is 19.8 Å². The minimum atomic E-state index is -2.73. The van der Waals surface area contributed by atoms with Gasteiger partial charge in [0.2, 0.25) is 0 Å². The average Bonchev–Trinajstić information content (AvgIpc) is 2.69. The highest BCUT2D eigenvalue weighted by molar-refractivity contribution is 7.32. The lowest BCUT2D eigenvalue weighted by atomic mass is 10.0. The van der Waals surface area contributed by atoms with Crippen LogP contribution in [0.4, 0.5) is 0 Å². The highest BCUT2D eigenvalue weighted by Gasteiger charge is 2.08. The second-order valence-corrected chi connectivity index (χ2v) is 7.81. The summed E-state index contributed by atoms with van der Waals surface area (Å²) in [5.41, 5.74) is 10.4. The van der Waals surface area contributed by atoms with Gasteiger partial charge in [0, 0.05) is 6.54 Å². The lowest BCUT2D eigenvalue weighted by Crippen LogP contribution is -2.36. The summed E-state index contributed by atoms with van der Waals surface area (Å²) in [5.74, 6) is 0. The van der Waals surface area contributed by atoms with E-state index in [1.807, 2.05) is 6.08 Å². The number of unbranched alkanes of at least 4 members (excludes halogenated alkanes) is 11. The molecule has 0 amide bonds. The van der Waals surface area contributed by atoms with Crippen molar-refractivity contribution in [2.75, 3.05) is 19.8 Å². The van der Waals surface area contributed by atoms with Crippen LogP contribution in [-0.4, -0.2) is 47.0 Å². The van der Waals surface area contributed by atoms with E-state index in [0.29, 0.717) is 0 Å². The molecule has 0 aliphatic carbocycles. The van der Waals surface area contributed by atoms with Crippen LogP contribution in [0.3, 0.4) is 0 Å². The van der Waals surface area contributed by atoms with Gasteiger partial charge in [-0.3, -0.25) is 4.57 Å². The zero-order chi connectivity index (χ0) is 21.5. The molecule has 0 rings (SSSR count). The van der Waals surface area contributed by atoms with Crippen molar-refractivity contribution in [2.24, 2.45) is 11.5 Å². The van der Waals surface area contributed by atoms with Gasteiger partial charge in [-0.15, -0.1) is 0 Å². The Morgan fingerprint density at radius 2 is 1.50 bits per heavy atom. The summed E-state index contributed by atoms with van der Waals surface area (Å²) in [6.45, 7) is 2.53. The smallest absolute Gasteiger partial charge is 0.316 e. The standard InChI is InChI=1S/C18H37NO2.C2H8NO3P/c1-2-3-4-5-6-7-8-9-10-11-12-13-14-15-18(21)17(19)16-20;3-1-2-6-7(4)5/h14-15,17-18,20-21H,2-13,16,19H2,1H3;7H,1-3H2,(H,4,5)/b15-14+;. The van der Waals surface area contributed by atoms with E-state index in [9.17, 15) is 9.67 Å². The number of hydrogen-bond acceptors (Lipinski definition) is 6. The van der Waals surface area contributed by atoms with E-state index < -0.39 is 20.4 Å². The maximum atomic E-state index is 9.67. The Morgan fingerprint density at radius 1 is 1.00 bits per heavy atom. The number of nitrogens with two attached hydrogens (primary N) is 2. The van der Waals surface area contributed by atoms with Crippen molar-refractivity contribution in [1.29, 1.82) is 0 Å². The molecule has 170 valence electrons. The number of hydrogen-bond donors (Lipinski definition) is 5. The Hall–Kier alpha value is -0.270. The Balaban J connectivity index is 0. The second-order valence-electron chi connectivity index (χ2n) is 6.99. The third kappa shape index (κ3) is 25.7. The number of rotatable bonds is 18. The molecule has 7 nitrogen and oxygen atoms in total. The van der Waals surface area contributed by atoms with Crippen molar-refractivity contribution >= 4 is 8.25 Å². The van der Waals surface area contributed by atoms with Gasteiger partial charge >= 0.3 is 8.25 Å². The van der Waals surface area contributed by atoms with Crippen LogP contribution in [0.15, 0.2) is 12.2 Å². The van der Waals surface area contributed by atoms with Crippen molar-refractivity contribution < 1.29 is 24.2 Å². The molecule has 28 heavy (non-hydrogen) atoms. The first-order chi connectivity index (χ1) is 13.5. The van der Waals surface area contributed by atoms with Crippen LogP contribution in [0.25, 0.3) is 0 Å². The Kier molecular flexibility index (Phi) is 26.5. The van der Waals surface area contributed by atoms with Crippen LogP contribution in [0.2, 0.25) is 0 Å². The van der Waals surface area contributed by atoms with Crippen LogP contribution in [0.1, 0.15) is 84.0 Å². The summed E-state index contributed by atoms with van der Waals surface area (Å²) in [4.78, 5) is 7.95. The van der Waals surface area contributed by atoms with E-state index >= 15 is 0 Å². The summed E-state index contributed by atoms with van der Waals surface area (Å²) >= 11 is 0. The first-order valence-electron chi connectivity index (χ1n) is 10.8. The summed E-state index contributed by atoms with van der Waals surface area (Å²) in [6, 6.07) is -0.557. The van der Waals surface area contributed by atoms with Gasteiger partial charge in [0.1, 0.15) is 0 Å². The van der Waals surface area contributed by atoms with Crippen LogP contribution >= 0.6 is 8.25 Å². The normalized spacial score (nSPS) is 14.5. The second kappa shape index (κ2) is 24.8. The first-order valence-corrected chi connectivity index (χ1v) is 12.0. The Bertz CT molecular complexity index is 359. The van der Waals surface area contributed by atoms with Crippen LogP contribution in [-0.2, 0) is 9.09 Å². The lowest BCUT2D eigenvalue weighted by Gasteiger charge is -2.11. The fourth-order valence-corrected chi connectivity index (χ4v) is 2.85. The first kappa shape index (κ1) is 29.9. The summed E-state index contributed by atoms with van der Waals surface area (Å²) in [5, 5.41) is 18.3. The van der Waals surface area contributed by atoms with Crippen LogP contribution in [0, 0.1) is 0 Å². The molecule has 8 heteroatoms. The fraction of sp³-hybridized carbons (Fsp3) is 0.900. The Labute approximate surface area is 172 Å². The minimum Gasteiger partial charge on any atom is -0.395 e. The zero-order valence-corrected chi connectivity index (χ0v) is 18.7. The molecule has 0 saturated carbocycles. The largest absolute Gasteiger partial charge is 0.395 e. The van der Waals surface area contributed by atoms with Crippen molar-refractivity contribution in [2.45, 2.75) is 96.1 Å². The molecule has 0 aromatic carbocycles. The molecule has 0 aliphatic rings. The number of allylic oxidation sites excluding steroid dienone is 1. The summed E-state index contributed by atoms with van der Waals surface area (Å²) < 4.78 is 13.8. The molecule has 0 radical (unpaired) electrons. The van der Waals surface area contributed by atoms with Gasteiger partial charge in [0.15, 0.2) is 0 Å². The van der Waals surface area contributed by atoms with Gasteiger partial charge in [-0.25, -0.2) is 0 Å². The highest BCUT2D eigenvalue weighted by Crippen LogP contribution is 2.12. The molecule has 0 aromatic heterocycles. The lowest BCUT2D eigenvalue weighted by molar-refractivity contribution is 0.144. The molecule has 0 aliphatic heterocycles. The van der Waals surface area contributed by atoms with Gasteiger partial charge in [-0.2, -0.15) is 0 Å². The van der Waals surface area contributed by atoms with E-state index in [1.165, 1.54) is 70.6 Å². The number of aliphatic hydroxyl groups is 2. The molecule has 0 saturated heterocycles. The molecule has 0 fully saturated rings. The highest BCUT2D eigenvalue weighted by atomic mass is 31.1. The summed E-state index contributed by atoms with van der Waals surface area (Å²) in [7, 11) is -2.73. The van der Waals surface area contributed by atoms with Gasteiger partial charge in [-0.05, 0) is 12.8 Å². The number of aliphatic hydroxyl groups excluding tert-OH is 2. The zero-order valence-electron chi connectivity index (χ0n) is 17.7. The molecular formula is C20H45N2O5P. The monoisotopic (exact) mass is 424 g/mol. The molecular weight excluding hydrogens is 379 g/mol. The van der Waals surface area contributed by atoms with Gasteiger partial charge in [-0.1, -0.05) is 83.3 Å². The van der Waals surface area contributed by atoms with E-state index in [2.05, 4.69) is 11.4 Å². The van der Waals surface area contributed by atoms with Crippen molar-refractivity contribution in [1.82, 2.24) is 0 Å².